The van der Waals surface area contributed by atoms with Crippen molar-refractivity contribution in [2.45, 2.75) is 25.7 Å². The Bertz CT molecular complexity index is 319. The molecule has 0 aliphatic carbocycles. The molecule has 2 heterocycles. The van der Waals surface area contributed by atoms with Gasteiger partial charge in [-0.3, -0.25) is 0 Å². The highest BCUT2D eigenvalue weighted by Gasteiger charge is 2.20. The van der Waals surface area contributed by atoms with Crippen molar-refractivity contribution >= 4 is 5.82 Å². The van der Waals surface area contributed by atoms with Crippen LogP contribution in [0.3, 0.4) is 0 Å². The van der Waals surface area contributed by atoms with Gasteiger partial charge in [-0.15, -0.1) is 0 Å². The molecule has 1 unspecified atom stereocenters. The highest BCUT2D eigenvalue weighted by Crippen LogP contribution is 2.28. The molecular formula is C11H16N2O. The van der Waals surface area contributed by atoms with Gasteiger partial charge in [-0.1, -0.05) is 13.0 Å². The molecule has 1 aliphatic heterocycles. The summed E-state index contributed by atoms with van der Waals surface area (Å²) in [6.07, 6.45) is 3.93. The lowest BCUT2D eigenvalue weighted by molar-refractivity contribution is 0.194. The maximum atomic E-state index is 5.86. The second-order valence-electron chi connectivity index (χ2n) is 3.73. The van der Waals surface area contributed by atoms with Gasteiger partial charge in [0.15, 0.2) is 0 Å². The van der Waals surface area contributed by atoms with Crippen LogP contribution < -0.4 is 5.73 Å². The molecule has 1 aromatic rings. The summed E-state index contributed by atoms with van der Waals surface area (Å²) >= 11 is 0. The van der Waals surface area contributed by atoms with E-state index in [1.165, 1.54) is 11.1 Å². The second kappa shape index (κ2) is 3.96. The van der Waals surface area contributed by atoms with E-state index in [-0.39, 0.29) is 0 Å². The first-order valence-electron chi connectivity index (χ1n) is 5.13. The quantitative estimate of drug-likeness (QED) is 0.776. The van der Waals surface area contributed by atoms with E-state index in [4.69, 9.17) is 10.5 Å². The van der Waals surface area contributed by atoms with Crippen LogP contribution in [-0.4, -0.2) is 18.2 Å². The molecule has 2 rings (SSSR count). The van der Waals surface area contributed by atoms with Gasteiger partial charge in [-0.25, -0.2) is 4.98 Å². The van der Waals surface area contributed by atoms with Crippen LogP contribution in [0.4, 0.5) is 5.82 Å². The fourth-order valence-corrected chi connectivity index (χ4v) is 1.84. The molecule has 0 radical (unpaired) electrons. The molecule has 3 nitrogen and oxygen atoms in total. The number of nitrogen functional groups attached to an aromatic ring is 1. The number of aromatic nitrogens is 1. The maximum absolute atomic E-state index is 5.86. The van der Waals surface area contributed by atoms with Crippen molar-refractivity contribution < 1.29 is 4.74 Å². The zero-order valence-corrected chi connectivity index (χ0v) is 8.49. The number of pyridine rings is 1. The van der Waals surface area contributed by atoms with Crippen molar-refractivity contribution in [3.05, 3.63) is 23.4 Å². The summed E-state index contributed by atoms with van der Waals surface area (Å²) in [5.74, 6) is 1.12. The summed E-state index contributed by atoms with van der Waals surface area (Å²) in [5.41, 5.74) is 8.28. The fraction of sp³-hybridized carbons (Fsp3) is 0.545. The number of nitrogens with two attached hydrogens (primary N) is 1. The number of hydrogen-bond acceptors (Lipinski definition) is 3. The van der Waals surface area contributed by atoms with E-state index in [1.54, 1.807) is 0 Å². The van der Waals surface area contributed by atoms with Crippen LogP contribution in [-0.2, 0) is 11.2 Å². The fourth-order valence-electron chi connectivity index (χ4n) is 1.84. The van der Waals surface area contributed by atoms with Crippen molar-refractivity contribution in [3.63, 3.8) is 0 Å². The normalized spacial score (nSPS) is 21.4. The predicted octanol–water partition coefficient (Wildman–Crippen LogP) is 1.73. The maximum Gasteiger partial charge on any atom is 0.126 e. The molecule has 0 bridgehead atoms. The predicted molar refractivity (Wildman–Crippen MR) is 56.2 cm³/mol. The Morgan fingerprint density at radius 2 is 2.50 bits per heavy atom. The third-order valence-electron chi connectivity index (χ3n) is 2.78. The summed E-state index contributed by atoms with van der Waals surface area (Å²) in [6, 6.07) is 2.17. The number of anilines is 1. The van der Waals surface area contributed by atoms with Crippen molar-refractivity contribution in [3.8, 4) is 0 Å². The van der Waals surface area contributed by atoms with Crippen LogP contribution >= 0.6 is 0 Å². The molecule has 3 heteroatoms. The molecule has 2 N–H and O–H groups in total. The average Bonchev–Trinajstić information content (AvgIpc) is 2.71. The lowest BCUT2D eigenvalue weighted by Gasteiger charge is -2.11. The summed E-state index contributed by atoms with van der Waals surface area (Å²) < 4.78 is 5.36. The van der Waals surface area contributed by atoms with Gasteiger partial charge in [0, 0.05) is 18.7 Å². The molecule has 0 saturated carbocycles. The zero-order chi connectivity index (χ0) is 9.97. The molecule has 1 atom stereocenters. The minimum atomic E-state index is 0.453. The highest BCUT2D eigenvalue weighted by atomic mass is 16.5. The second-order valence-corrected chi connectivity index (χ2v) is 3.73. The minimum absolute atomic E-state index is 0.453. The molecule has 1 fully saturated rings. The number of nitrogens with zero attached hydrogens (tertiary/aromatic N) is 1. The standard InChI is InChI=1S/C11H16N2O/c1-2-8-5-10(11(12)13-6-8)9-3-4-14-7-9/h5-6,9H,2-4,7H2,1H3,(H2,12,13). The molecule has 76 valence electrons. The monoisotopic (exact) mass is 192 g/mol. The Morgan fingerprint density at radius 1 is 1.64 bits per heavy atom. The Balaban J connectivity index is 2.29. The van der Waals surface area contributed by atoms with E-state index >= 15 is 0 Å². The van der Waals surface area contributed by atoms with Crippen LogP contribution in [0, 0.1) is 0 Å². The number of hydrogen-bond donors (Lipinski definition) is 1. The molecule has 14 heavy (non-hydrogen) atoms. The lowest BCUT2D eigenvalue weighted by atomic mass is 9.97. The van der Waals surface area contributed by atoms with E-state index in [0.717, 1.165) is 26.1 Å². The topological polar surface area (TPSA) is 48.1 Å². The Morgan fingerprint density at radius 3 is 3.14 bits per heavy atom. The van der Waals surface area contributed by atoms with Gasteiger partial charge in [-0.2, -0.15) is 0 Å². The van der Waals surface area contributed by atoms with Gasteiger partial charge in [0.2, 0.25) is 0 Å². The average molecular weight is 192 g/mol. The summed E-state index contributed by atoms with van der Waals surface area (Å²) in [5, 5.41) is 0. The van der Waals surface area contributed by atoms with Crippen molar-refractivity contribution in [1.29, 1.82) is 0 Å². The van der Waals surface area contributed by atoms with Gasteiger partial charge in [-0.05, 0) is 24.0 Å². The van der Waals surface area contributed by atoms with E-state index in [9.17, 15) is 0 Å². The minimum Gasteiger partial charge on any atom is -0.383 e. The van der Waals surface area contributed by atoms with E-state index in [1.807, 2.05) is 6.20 Å². The highest BCUT2D eigenvalue weighted by molar-refractivity contribution is 5.43. The first-order chi connectivity index (χ1) is 6.81. The summed E-state index contributed by atoms with van der Waals surface area (Å²) in [6.45, 7) is 3.77. The Labute approximate surface area is 84.3 Å². The third-order valence-corrected chi connectivity index (χ3v) is 2.78. The Hall–Kier alpha value is -1.09. The Kier molecular flexibility index (Phi) is 2.68. The molecule has 0 spiro atoms. The smallest absolute Gasteiger partial charge is 0.126 e. The first-order valence-corrected chi connectivity index (χ1v) is 5.13. The number of ether oxygens (including phenoxy) is 1. The van der Waals surface area contributed by atoms with Gasteiger partial charge >= 0.3 is 0 Å². The molecule has 0 aromatic carbocycles. The largest absolute Gasteiger partial charge is 0.383 e. The molecule has 1 aromatic heterocycles. The van der Waals surface area contributed by atoms with Gasteiger partial charge in [0.25, 0.3) is 0 Å². The van der Waals surface area contributed by atoms with Crippen LogP contribution in [0.25, 0.3) is 0 Å². The molecule has 1 aliphatic rings. The zero-order valence-electron chi connectivity index (χ0n) is 8.49. The van der Waals surface area contributed by atoms with Crippen molar-refractivity contribution in [2.24, 2.45) is 0 Å². The van der Waals surface area contributed by atoms with E-state index in [0.29, 0.717) is 11.7 Å². The van der Waals surface area contributed by atoms with Crippen LogP contribution in [0.5, 0.6) is 0 Å². The lowest BCUT2D eigenvalue weighted by Crippen LogP contribution is -2.05. The van der Waals surface area contributed by atoms with Crippen molar-refractivity contribution in [1.82, 2.24) is 4.98 Å². The van der Waals surface area contributed by atoms with Gasteiger partial charge in [0.05, 0.1) is 6.61 Å². The third kappa shape index (κ3) is 1.73. The van der Waals surface area contributed by atoms with E-state index < -0.39 is 0 Å². The van der Waals surface area contributed by atoms with Crippen LogP contribution in [0.15, 0.2) is 12.3 Å². The molecule has 0 amide bonds. The van der Waals surface area contributed by atoms with Crippen molar-refractivity contribution in [2.75, 3.05) is 18.9 Å². The number of rotatable bonds is 2. The summed E-state index contributed by atoms with van der Waals surface area (Å²) in [7, 11) is 0. The first kappa shape index (κ1) is 9.46. The molecular weight excluding hydrogens is 176 g/mol. The number of aryl methyl sites for hydroxylation is 1. The van der Waals surface area contributed by atoms with Crippen LogP contribution in [0.1, 0.15) is 30.4 Å². The SMILES string of the molecule is CCc1cnc(N)c(C2CCOC2)c1. The van der Waals surface area contributed by atoms with E-state index in [2.05, 4.69) is 18.0 Å². The van der Waals surface area contributed by atoms with Gasteiger partial charge < -0.3 is 10.5 Å². The van der Waals surface area contributed by atoms with Crippen LogP contribution in [0.2, 0.25) is 0 Å². The van der Waals surface area contributed by atoms with Gasteiger partial charge in [0.1, 0.15) is 5.82 Å². The molecule has 1 saturated heterocycles. The summed E-state index contributed by atoms with van der Waals surface area (Å²) in [4.78, 5) is 4.22.